The van der Waals surface area contributed by atoms with Gasteiger partial charge in [-0.3, -0.25) is 9.47 Å². The first-order chi connectivity index (χ1) is 12.6. The topological polar surface area (TPSA) is 8.17 Å². The van der Waals surface area contributed by atoms with Gasteiger partial charge in [0.25, 0.3) is 0 Å². The molecule has 1 saturated heterocycles. The molecule has 26 heavy (non-hydrogen) atoms. The fourth-order valence-electron chi connectivity index (χ4n) is 3.69. The van der Waals surface area contributed by atoms with Crippen LogP contribution in [0.25, 0.3) is 10.9 Å². The van der Waals surface area contributed by atoms with E-state index >= 15 is 0 Å². The van der Waals surface area contributed by atoms with E-state index in [4.69, 9.17) is 11.6 Å². The molecule has 2 nitrogen and oxygen atoms in total. The Morgan fingerprint density at radius 2 is 1.92 bits per heavy atom. The molecular formula is C23H23ClN2. The summed E-state index contributed by atoms with van der Waals surface area (Å²) in [7, 11) is 0. The average molecular weight is 363 g/mol. The van der Waals surface area contributed by atoms with Gasteiger partial charge in [-0.05, 0) is 74.2 Å². The van der Waals surface area contributed by atoms with E-state index in [1.165, 1.54) is 41.7 Å². The monoisotopic (exact) mass is 362 g/mol. The van der Waals surface area contributed by atoms with Crippen LogP contribution in [0.1, 0.15) is 30.2 Å². The molecule has 0 bridgehead atoms. The molecule has 1 aliphatic heterocycles. The quantitative estimate of drug-likeness (QED) is 0.561. The van der Waals surface area contributed by atoms with Gasteiger partial charge in [-0.1, -0.05) is 30.2 Å². The SMILES string of the molecule is Cc1ccc2c(c1)cc(CN1CCC(C)C1)n2C#Cc1ccc(Cl)cc1. The van der Waals surface area contributed by atoms with Crippen LogP contribution in [0.15, 0.2) is 48.5 Å². The molecular weight excluding hydrogens is 340 g/mol. The molecule has 1 aliphatic rings. The van der Waals surface area contributed by atoms with Crippen molar-refractivity contribution in [1.29, 1.82) is 0 Å². The Kier molecular flexibility index (Phi) is 4.76. The summed E-state index contributed by atoms with van der Waals surface area (Å²) in [5.74, 6) is 4.08. The van der Waals surface area contributed by atoms with Crippen molar-refractivity contribution in [2.45, 2.75) is 26.8 Å². The Balaban J connectivity index is 1.73. The molecule has 1 unspecified atom stereocenters. The van der Waals surface area contributed by atoms with Gasteiger partial charge in [0.05, 0.1) is 5.52 Å². The first-order valence-electron chi connectivity index (χ1n) is 9.19. The van der Waals surface area contributed by atoms with Gasteiger partial charge in [0.1, 0.15) is 0 Å². The van der Waals surface area contributed by atoms with E-state index in [2.05, 4.69) is 59.5 Å². The highest BCUT2D eigenvalue weighted by Crippen LogP contribution is 2.24. The van der Waals surface area contributed by atoms with Crippen LogP contribution in [0.5, 0.6) is 0 Å². The zero-order valence-electron chi connectivity index (χ0n) is 15.3. The third kappa shape index (κ3) is 3.65. The number of halogens is 1. The van der Waals surface area contributed by atoms with E-state index in [1.54, 1.807) is 0 Å². The van der Waals surface area contributed by atoms with Crippen LogP contribution in [-0.2, 0) is 6.54 Å². The van der Waals surface area contributed by atoms with Gasteiger partial charge >= 0.3 is 0 Å². The second-order valence-corrected chi connectivity index (χ2v) is 7.84. The average Bonchev–Trinajstić information content (AvgIpc) is 3.17. The minimum absolute atomic E-state index is 0.737. The Morgan fingerprint density at radius 3 is 2.65 bits per heavy atom. The van der Waals surface area contributed by atoms with Crippen LogP contribution in [0.4, 0.5) is 0 Å². The molecule has 1 aromatic heterocycles. The third-order valence-corrected chi connectivity index (χ3v) is 5.34. The minimum Gasteiger partial charge on any atom is -0.297 e. The maximum atomic E-state index is 5.98. The lowest BCUT2D eigenvalue weighted by atomic mass is 10.2. The van der Waals surface area contributed by atoms with Crippen molar-refractivity contribution in [3.8, 4) is 12.0 Å². The van der Waals surface area contributed by atoms with Crippen molar-refractivity contribution in [2.75, 3.05) is 13.1 Å². The van der Waals surface area contributed by atoms with Gasteiger partial charge in [-0.25, -0.2) is 0 Å². The molecule has 1 fully saturated rings. The van der Waals surface area contributed by atoms with Gasteiger partial charge in [0.15, 0.2) is 0 Å². The molecule has 0 aliphatic carbocycles. The summed E-state index contributed by atoms with van der Waals surface area (Å²) in [6, 6.07) is 19.9. The van der Waals surface area contributed by atoms with Crippen LogP contribution in [-0.4, -0.2) is 22.6 Å². The summed E-state index contributed by atoms with van der Waals surface area (Å²) in [6.45, 7) is 7.77. The molecule has 0 amide bonds. The van der Waals surface area contributed by atoms with E-state index in [1.807, 2.05) is 24.3 Å². The summed E-state index contributed by atoms with van der Waals surface area (Å²) in [5.41, 5.74) is 4.70. The molecule has 0 N–H and O–H groups in total. The second kappa shape index (κ2) is 7.19. The number of hydrogen-bond acceptors (Lipinski definition) is 1. The van der Waals surface area contributed by atoms with E-state index < -0.39 is 0 Å². The summed E-state index contributed by atoms with van der Waals surface area (Å²) >= 11 is 5.98. The Labute approximate surface area is 160 Å². The number of nitrogens with zero attached hydrogens (tertiary/aromatic N) is 2. The number of aryl methyl sites for hydroxylation is 1. The minimum atomic E-state index is 0.737. The maximum Gasteiger partial charge on any atom is 0.0615 e. The van der Waals surface area contributed by atoms with Gasteiger partial charge in [0, 0.05) is 40.8 Å². The second-order valence-electron chi connectivity index (χ2n) is 7.41. The lowest BCUT2D eigenvalue weighted by molar-refractivity contribution is 0.315. The van der Waals surface area contributed by atoms with E-state index in [-0.39, 0.29) is 0 Å². The van der Waals surface area contributed by atoms with Gasteiger partial charge in [0.2, 0.25) is 0 Å². The zero-order valence-corrected chi connectivity index (χ0v) is 16.1. The van der Waals surface area contributed by atoms with Crippen molar-refractivity contribution < 1.29 is 0 Å². The van der Waals surface area contributed by atoms with Gasteiger partial charge < -0.3 is 0 Å². The number of likely N-dealkylation sites (tertiary alicyclic amines) is 1. The van der Waals surface area contributed by atoms with Crippen molar-refractivity contribution in [3.63, 3.8) is 0 Å². The molecule has 3 aromatic rings. The molecule has 3 heteroatoms. The first-order valence-corrected chi connectivity index (χ1v) is 9.57. The lowest BCUT2D eigenvalue weighted by Gasteiger charge is -2.15. The lowest BCUT2D eigenvalue weighted by Crippen LogP contribution is -2.21. The third-order valence-electron chi connectivity index (χ3n) is 5.08. The molecule has 0 radical (unpaired) electrons. The van der Waals surface area contributed by atoms with Gasteiger partial charge in [-0.2, -0.15) is 0 Å². The normalized spacial score (nSPS) is 17.4. The zero-order chi connectivity index (χ0) is 18.1. The Hall–Kier alpha value is -2.21. The van der Waals surface area contributed by atoms with E-state index in [0.29, 0.717) is 0 Å². The van der Waals surface area contributed by atoms with Crippen LogP contribution in [0.3, 0.4) is 0 Å². The van der Waals surface area contributed by atoms with E-state index in [0.717, 1.165) is 23.0 Å². The summed E-state index contributed by atoms with van der Waals surface area (Å²) < 4.78 is 2.16. The van der Waals surface area contributed by atoms with Crippen molar-refractivity contribution in [2.24, 2.45) is 5.92 Å². The standard InChI is InChI=1S/C23H23ClN2/c1-17-3-8-23-20(13-17)14-22(16-25-11-9-18(2)15-25)26(23)12-10-19-4-6-21(24)7-5-19/h3-8,13-14,18H,9,11,15-16H2,1-2H3. The van der Waals surface area contributed by atoms with Crippen molar-refractivity contribution in [3.05, 3.63) is 70.4 Å². The number of fused-ring (bicyclic) bond motifs is 1. The Morgan fingerprint density at radius 1 is 1.12 bits per heavy atom. The maximum absolute atomic E-state index is 5.98. The smallest absolute Gasteiger partial charge is 0.0615 e. The molecule has 132 valence electrons. The predicted octanol–water partition coefficient (Wildman–Crippen LogP) is 5.30. The number of hydrogen-bond donors (Lipinski definition) is 0. The molecule has 0 spiro atoms. The Bertz CT molecular complexity index is 989. The fraction of sp³-hybridized carbons (Fsp3) is 0.304. The summed E-state index contributed by atoms with van der Waals surface area (Å²) in [6.07, 6.45) is 1.29. The molecule has 4 rings (SSSR count). The molecule has 1 atom stereocenters. The largest absolute Gasteiger partial charge is 0.297 e. The van der Waals surface area contributed by atoms with Crippen LogP contribution in [0.2, 0.25) is 5.02 Å². The molecule has 2 aromatic carbocycles. The number of aromatic nitrogens is 1. The van der Waals surface area contributed by atoms with E-state index in [9.17, 15) is 0 Å². The van der Waals surface area contributed by atoms with Crippen LogP contribution < -0.4 is 0 Å². The molecule has 2 heterocycles. The fourth-order valence-corrected chi connectivity index (χ4v) is 3.82. The first kappa shape index (κ1) is 17.2. The van der Waals surface area contributed by atoms with Crippen LogP contribution >= 0.6 is 11.6 Å². The number of benzene rings is 2. The molecule has 0 saturated carbocycles. The predicted molar refractivity (Wildman–Crippen MR) is 109 cm³/mol. The highest BCUT2D eigenvalue weighted by Gasteiger charge is 2.20. The number of rotatable bonds is 2. The highest BCUT2D eigenvalue weighted by atomic mass is 35.5. The summed E-state index contributed by atoms with van der Waals surface area (Å²) in [5, 5.41) is 2.00. The van der Waals surface area contributed by atoms with Crippen molar-refractivity contribution in [1.82, 2.24) is 9.47 Å². The van der Waals surface area contributed by atoms with Crippen LogP contribution in [0, 0.1) is 24.8 Å². The van der Waals surface area contributed by atoms with Crippen molar-refractivity contribution >= 4 is 22.5 Å². The highest BCUT2D eigenvalue weighted by molar-refractivity contribution is 6.30. The van der Waals surface area contributed by atoms with Gasteiger partial charge in [-0.15, -0.1) is 0 Å². The summed E-state index contributed by atoms with van der Waals surface area (Å²) in [4.78, 5) is 2.53.